The van der Waals surface area contributed by atoms with Crippen molar-refractivity contribution in [2.24, 2.45) is 5.92 Å². The normalized spacial score (nSPS) is 19.9. The minimum Gasteiger partial charge on any atom is -0.438 e. The molecule has 1 aromatic heterocycles. The van der Waals surface area contributed by atoms with E-state index >= 15 is 0 Å². The van der Waals surface area contributed by atoms with Crippen LogP contribution in [0.4, 0.5) is 10.2 Å². The lowest BCUT2D eigenvalue weighted by Gasteiger charge is -2.29. The van der Waals surface area contributed by atoms with Crippen molar-refractivity contribution in [3.05, 3.63) is 42.2 Å². The van der Waals surface area contributed by atoms with Crippen molar-refractivity contribution in [3.8, 4) is 11.6 Å². The lowest BCUT2D eigenvalue weighted by Crippen LogP contribution is -2.41. The molecule has 7 nitrogen and oxygen atoms in total. The predicted octanol–water partition coefficient (Wildman–Crippen LogP) is 3.71. The Bertz CT molecular complexity index is 881. The van der Waals surface area contributed by atoms with Crippen LogP contribution in [-0.4, -0.2) is 36.5 Å². The minimum absolute atomic E-state index is 0.0290. The fraction of sp³-hybridized carbons (Fsp3) is 0.500. The Labute approximate surface area is 171 Å². The van der Waals surface area contributed by atoms with E-state index in [0.717, 1.165) is 32.2 Å². The van der Waals surface area contributed by atoms with Gasteiger partial charge in [-0.15, -0.1) is 10.2 Å². The summed E-state index contributed by atoms with van der Waals surface area (Å²) in [6, 6.07) is 9.22. The molecule has 1 aliphatic carbocycles. The zero-order chi connectivity index (χ0) is 20.9. The molecule has 0 radical (unpaired) electrons. The molecule has 0 bridgehead atoms. The molecule has 1 heterocycles. The van der Waals surface area contributed by atoms with Gasteiger partial charge in [-0.2, -0.15) is 0 Å². The van der Waals surface area contributed by atoms with Crippen molar-refractivity contribution >= 4 is 15.8 Å². The summed E-state index contributed by atoms with van der Waals surface area (Å²) in [7, 11) is -3.21. The van der Waals surface area contributed by atoms with Gasteiger partial charge in [-0.3, -0.25) is 0 Å². The molecule has 1 fully saturated rings. The molecular formula is C20H27FN4O3S. The third-order valence-electron chi connectivity index (χ3n) is 5.05. The highest BCUT2D eigenvalue weighted by atomic mass is 32.2. The van der Waals surface area contributed by atoms with Gasteiger partial charge in [0.25, 0.3) is 0 Å². The average molecular weight is 423 g/mol. The van der Waals surface area contributed by atoms with Gasteiger partial charge in [0, 0.05) is 18.7 Å². The number of aromatic nitrogens is 2. The third-order valence-corrected chi connectivity index (χ3v) is 6.95. The van der Waals surface area contributed by atoms with Gasteiger partial charge in [0.05, 0.1) is 5.25 Å². The molecule has 0 aliphatic heterocycles. The molecule has 1 aromatic carbocycles. The fourth-order valence-corrected chi connectivity index (χ4v) is 4.17. The Morgan fingerprint density at radius 2 is 1.76 bits per heavy atom. The second-order valence-electron chi connectivity index (χ2n) is 7.62. The summed E-state index contributed by atoms with van der Waals surface area (Å²) in [5, 5.41) is 11.0. The van der Waals surface area contributed by atoms with Crippen LogP contribution in [0.15, 0.2) is 36.4 Å². The van der Waals surface area contributed by atoms with Crippen molar-refractivity contribution in [1.29, 1.82) is 0 Å². The summed E-state index contributed by atoms with van der Waals surface area (Å²) in [5.74, 6) is 1.62. The van der Waals surface area contributed by atoms with E-state index in [0.29, 0.717) is 23.4 Å². The van der Waals surface area contributed by atoms with Crippen LogP contribution in [0.3, 0.4) is 0 Å². The molecule has 158 valence electrons. The average Bonchev–Trinajstić information content (AvgIpc) is 2.70. The van der Waals surface area contributed by atoms with Crippen molar-refractivity contribution in [3.63, 3.8) is 0 Å². The monoisotopic (exact) mass is 422 g/mol. The maximum Gasteiger partial charge on any atom is 0.238 e. The number of ether oxygens (including phenoxy) is 1. The first-order valence-corrected chi connectivity index (χ1v) is 11.4. The quantitative estimate of drug-likeness (QED) is 0.674. The fourth-order valence-electron chi connectivity index (χ4n) is 3.19. The van der Waals surface area contributed by atoms with Crippen LogP contribution in [0.5, 0.6) is 11.6 Å². The minimum atomic E-state index is -3.21. The molecule has 1 aliphatic rings. The Morgan fingerprint density at radius 3 is 2.34 bits per heavy atom. The second kappa shape index (κ2) is 9.49. The van der Waals surface area contributed by atoms with Crippen LogP contribution in [0.2, 0.25) is 0 Å². The van der Waals surface area contributed by atoms with Gasteiger partial charge in [0.2, 0.25) is 15.9 Å². The zero-order valence-electron chi connectivity index (χ0n) is 16.6. The Morgan fingerprint density at radius 1 is 1.07 bits per heavy atom. The number of hydrogen-bond donors (Lipinski definition) is 2. The van der Waals surface area contributed by atoms with Gasteiger partial charge in [-0.05, 0) is 75.8 Å². The SMILES string of the molecule is CC(C)S(=O)(=O)NC1CCC(CNc2ccc(Oc3ccc(F)cc3)nn2)CC1. The molecule has 0 spiro atoms. The molecular weight excluding hydrogens is 395 g/mol. The van der Waals surface area contributed by atoms with E-state index in [1.165, 1.54) is 24.3 Å². The molecule has 3 rings (SSSR count). The smallest absolute Gasteiger partial charge is 0.238 e. The van der Waals surface area contributed by atoms with Gasteiger partial charge >= 0.3 is 0 Å². The van der Waals surface area contributed by atoms with Crippen molar-refractivity contribution in [2.45, 2.75) is 50.8 Å². The van der Waals surface area contributed by atoms with Gasteiger partial charge in [0.15, 0.2) is 0 Å². The van der Waals surface area contributed by atoms with Crippen LogP contribution >= 0.6 is 0 Å². The molecule has 0 unspecified atom stereocenters. The van der Waals surface area contributed by atoms with Crippen LogP contribution in [0.25, 0.3) is 0 Å². The summed E-state index contributed by atoms with van der Waals surface area (Å²) in [5.41, 5.74) is 0. The van der Waals surface area contributed by atoms with E-state index in [4.69, 9.17) is 4.74 Å². The summed E-state index contributed by atoms with van der Waals surface area (Å²) in [6.07, 6.45) is 3.60. The number of sulfonamides is 1. The highest BCUT2D eigenvalue weighted by Gasteiger charge is 2.26. The molecule has 29 heavy (non-hydrogen) atoms. The standard InChI is InChI=1S/C20H27FN4O3S/c1-14(2)29(26,27)25-17-7-3-15(4-8-17)13-22-19-11-12-20(24-23-19)28-18-9-5-16(21)6-10-18/h5-6,9-12,14-15,17,25H,3-4,7-8,13H2,1-2H3,(H,22,23). The second-order valence-corrected chi connectivity index (χ2v) is 9.89. The number of nitrogens with zero attached hydrogens (tertiary/aromatic N) is 2. The van der Waals surface area contributed by atoms with Crippen molar-refractivity contribution in [1.82, 2.24) is 14.9 Å². The third kappa shape index (κ3) is 6.37. The number of anilines is 1. The van der Waals surface area contributed by atoms with E-state index in [1.807, 2.05) is 0 Å². The Kier molecular flexibility index (Phi) is 7.02. The van der Waals surface area contributed by atoms with Crippen LogP contribution < -0.4 is 14.8 Å². The molecule has 9 heteroatoms. The maximum atomic E-state index is 12.9. The molecule has 0 amide bonds. The topological polar surface area (TPSA) is 93.2 Å². The number of halogens is 1. The molecule has 0 saturated heterocycles. The van der Waals surface area contributed by atoms with Crippen LogP contribution in [0, 0.1) is 11.7 Å². The van der Waals surface area contributed by atoms with Crippen LogP contribution in [0.1, 0.15) is 39.5 Å². The van der Waals surface area contributed by atoms with Crippen molar-refractivity contribution < 1.29 is 17.5 Å². The molecule has 2 aromatic rings. The maximum absolute atomic E-state index is 12.9. The lowest BCUT2D eigenvalue weighted by atomic mass is 9.86. The zero-order valence-corrected chi connectivity index (χ0v) is 17.5. The summed E-state index contributed by atoms with van der Waals surface area (Å²) in [4.78, 5) is 0. The lowest BCUT2D eigenvalue weighted by molar-refractivity contribution is 0.323. The molecule has 0 atom stereocenters. The summed E-state index contributed by atoms with van der Waals surface area (Å²) in [6.45, 7) is 4.14. The van der Waals surface area contributed by atoms with Gasteiger partial charge in [0.1, 0.15) is 17.4 Å². The summed E-state index contributed by atoms with van der Waals surface area (Å²) < 4.78 is 45.2. The van der Waals surface area contributed by atoms with E-state index in [2.05, 4.69) is 20.2 Å². The van der Waals surface area contributed by atoms with Crippen LogP contribution in [-0.2, 0) is 10.0 Å². The number of benzene rings is 1. The first kappa shape index (κ1) is 21.4. The molecule has 2 N–H and O–H groups in total. The van der Waals surface area contributed by atoms with E-state index < -0.39 is 15.3 Å². The largest absolute Gasteiger partial charge is 0.438 e. The number of nitrogens with one attached hydrogen (secondary N) is 2. The first-order valence-electron chi connectivity index (χ1n) is 9.84. The summed E-state index contributed by atoms with van der Waals surface area (Å²) >= 11 is 0. The highest BCUT2D eigenvalue weighted by Crippen LogP contribution is 2.26. The first-order chi connectivity index (χ1) is 13.8. The highest BCUT2D eigenvalue weighted by molar-refractivity contribution is 7.90. The Balaban J connectivity index is 1.42. The Hall–Kier alpha value is -2.26. The number of rotatable bonds is 8. The number of hydrogen-bond acceptors (Lipinski definition) is 6. The van der Waals surface area contributed by atoms with Gasteiger partial charge in [-0.1, -0.05) is 0 Å². The van der Waals surface area contributed by atoms with Crippen molar-refractivity contribution in [2.75, 3.05) is 11.9 Å². The molecule has 1 saturated carbocycles. The van der Waals surface area contributed by atoms with Gasteiger partial charge in [-0.25, -0.2) is 17.5 Å². The van der Waals surface area contributed by atoms with E-state index in [-0.39, 0.29) is 11.9 Å². The van der Waals surface area contributed by atoms with Gasteiger partial charge < -0.3 is 10.1 Å². The van der Waals surface area contributed by atoms with E-state index in [1.54, 1.807) is 26.0 Å². The predicted molar refractivity (Wildman–Crippen MR) is 110 cm³/mol. The van der Waals surface area contributed by atoms with E-state index in [9.17, 15) is 12.8 Å².